The average Bonchev–Trinajstić information content (AvgIpc) is 2.75. The molecule has 0 saturated heterocycles. The summed E-state index contributed by atoms with van der Waals surface area (Å²) in [5.41, 5.74) is 0.909. The van der Waals surface area contributed by atoms with Crippen LogP contribution in [0.3, 0.4) is 0 Å². The van der Waals surface area contributed by atoms with Crippen LogP contribution in [0, 0.1) is 5.82 Å². The Bertz CT molecular complexity index is 543. The minimum absolute atomic E-state index is 0.279. The van der Waals surface area contributed by atoms with E-state index in [4.69, 9.17) is 5.11 Å². The van der Waals surface area contributed by atoms with Crippen LogP contribution in [-0.4, -0.2) is 31.3 Å². The van der Waals surface area contributed by atoms with Gasteiger partial charge >= 0.3 is 5.97 Å². The van der Waals surface area contributed by atoms with Crippen molar-refractivity contribution in [3.8, 4) is 0 Å². The molecule has 0 saturated carbocycles. The molecule has 0 unspecified atom stereocenters. The molecule has 0 fully saturated rings. The second-order valence-corrected chi connectivity index (χ2v) is 4.37. The van der Waals surface area contributed by atoms with Gasteiger partial charge in [0.15, 0.2) is 0 Å². The predicted molar refractivity (Wildman–Crippen MR) is 61.4 cm³/mol. The van der Waals surface area contributed by atoms with Crippen LogP contribution in [0.4, 0.5) is 4.39 Å². The summed E-state index contributed by atoms with van der Waals surface area (Å²) in [5.74, 6) is -0.759. The van der Waals surface area contributed by atoms with Crippen molar-refractivity contribution in [2.75, 3.05) is 0 Å². The van der Waals surface area contributed by atoms with Crippen molar-refractivity contribution in [1.82, 2.24) is 20.2 Å². The Morgan fingerprint density at radius 2 is 2.11 bits per heavy atom. The van der Waals surface area contributed by atoms with E-state index in [2.05, 4.69) is 15.5 Å². The monoisotopic (exact) mass is 268 g/mol. The summed E-state index contributed by atoms with van der Waals surface area (Å²) in [7, 11) is 0. The number of carboxylic acids is 1. The van der Waals surface area contributed by atoms with Crippen LogP contribution in [0.2, 0.25) is 0 Å². The summed E-state index contributed by atoms with van der Waals surface area (Å²) in [6.45, 7) is -0.279. The Morgan fingerprint density at radius 3 is 2.78 bits per heavy atom. The maximum Gasteiger partial charge on any atom is 0.325 e. The molecule has 1 N–H and O–H groups in total. The molecule has 8 heteroatoms. The quantitative estimate of drug-likeness (QED) is 0.820. The molecule has 94 valence electrons. The Hall–Kier alpha value is -1.96. The summed E-state index contributed by atoms with van der Waals surface area (Å²) in [5, 5.41) is 19.8. The van der Waals surface area contributed by atoms with Gasteiger partial charge in [0.2, 0.25) is 5.16 Å². The van der Waals surface area contributed by atoms with E-state index < -0.39 is 5.97 Å². The number of halogens is 1. The van der Waals surface area contributed by atoms with Crippen LogP contribution in [0.25, 0.3) is 0 Å². The number of nitrogens with zero attached hydrogens (tertiary/aromatic N) is 4. The second kappa shape index (κ2) is 5.58. The largest absolute Gasteiger partial charge is 0.480 e. The molecule has 0 amide bonds. The molecule has 0 aliphatic heterocycles. The molecule has 0 bridgehead atoms. The number of hydrogen-bond donors (Lipinski definition) is 1. The summed E-state index contributed by atoms with van der Waals surface area (Å²) in [6, 6.07) is 6.06. The van der Waals surface area contributed by atoms with Crippen molar-refractivity contribution in [2.45, 2.75) is 17.5 Å². The Balaban J connectivity index is 1.99. The number of hydrogen-bond acceptors (Lipinski definition) is 5. The molecule has 6 nitrogen and oxygen atoms in total. The van der Waals surface area contributed by atoms with Gasteiger partial charge in [0.1, 0.15) is 12.4 Å². The maximum atomic E-state index is 12.7. The molecule has 1 aromatic carbocycles. The number of benzene rings is 1. The standard InChI is InChI=1S/C10H9FN4O2S/c11-8-3-1-7(2-4-8)6-18-10-12-13-14-15(10)5-9(16)17/h1-4H,5-6H2,(H,16,17). The summed E-state index contributed by atoms with van der Waals surface area (Å²) < 4.78 is 13.9. The first-order valence-corrected chi connectivity index (χ1v) is 5.99. The highest BCUT2D eigenvalue weighted by molar-refractivity contribution is 7.98. The first-order chi connectivity index (χ1) is 8.65. The molecule has 0 aliphatic carbocycles. The van der Waals surface area contributed by atoms with Gasteiger partial charge in [0.05, 0.1) is 0 Å². The van der Waals surface area contributed by atoms with Crippen molar-refractivity contribution in [3.63, 3.8) is 0 Å². The number of aliphatic carboxylic acids is 1. The van der Waals surface area contributed by atoms with E-state index in [0.717, 1.165) is 5.56 Å². The van der Waals surface area contributed by atoms with Gasteiger partial charge in [-0.25, -0.2) is 9.07 Å². The number of rotatable bonds is 5. The molecule has 0 atom stereocenters. The second-order valence-electron chi connectivity index (χ2n) is 3.43. The first-order valence-electron chi connectivity index (χ1n) is 5.00. The molecule has 0 radical (unpaired) electrons. The van der Waals surface area contributed by atoms with Crippen LogP contribution >= 0.6 is 11.8 Å². The molecular formula is C10H9FN4O2S. The lowest BCUT2D eigenvalue weighted by Gasteiger charge is -2.01. The fourth-order valence-electron chi connectivity index (χ4n) is 1.26. The molecule has 1 heterocycles. The minimum Gasteiger partial charge on any atom is -0.480 e. The molecule has 0 spiro atoms. The highest BCUT2D eigenvalue weighted by atomic mass is 32.2. The Morgan fingerprint density at radius 1 is 1.39 bits per heavy atom. The number of carboxylic acid groups (broad SMARTS) is 1. The minimum atomic E-state index is -1.01. The zero-order chi connectivity index (χ0) is 13.0. The highest BCUT2D eigenvalue weighted by Crippen LogP contribution is 2.19. The third-order valence-corrected chi connectivity index (χ3v) is 3.09. The lowest BCUT2D eigenvalue weighted by Crippen LogP contribution is -2.11. The lowest BCUT2D eigenvalue weighted by molar-refractivity contribution is -0.138. The van der Waals surface area contributed by atoms with E-state index in [-0.39, 0.29) is 12.4 Å². The van der Waals surface area contributed by atoms with Crippen molar-refractivity contribution in [2.24, 2.45) is 0 Å². The maximum absolute atomic E-state index is 12.7. The Labute approximate surface area is 106 Å². The lowest BCUT2D eigenvalue weighted by atomic mass is 10.2. The van der Waals surface area contributed by atoms with Crippen LogP contribution in [0.1, 0.15) is 5.56 Å². The normalized spacial score (nSPS) is 10.5. The summed E-state index contributed by atoms with van der Waals surface area (Å²) in [6.07, 6.45) is 0. The van der Waals surface area contributed by atoms with Gasteiger partial charge in [-0.15, -0.1) is 5.10 Å². The third kappa shape index (κ3) is 3.27. The Kier molecular flexibility index (Phi) is 3.88. The van der Waals surface area contributed by atoms with E-state index in [0.29, 0.717) is 10.9 Å². The van der Waals surface area contributed by atoms with Crippen molar-refractivity contribution in [1.29, 1.82) is 0 Å². The van der Waals surface area contributed by atoms with Crippen LogP contribution in [-0.2, 0) is 17.1 Å². The van der Waals surface area contributed by atoms with Crippen LogP contribution < -0.4 is 0 Å². The molecule has 2 rings (SSSR count). The number of thioether (sulfide) groups is 1. The van der Waals surface area contributed by atoms with Crippen molar-refractivity contribution < 1.29 is 14.3 Å². The number of carbonyl (C=O) groups is 1. The molecule has 0 aliphatic rings. The van der Waals surface area contributed by atoms with Crippen LogP contribution in [0.15, 0.2) is 29.4 Å². The first kappa shape index (κ1) is 12.5. The predicted octanol–water partition coefficient (Wildman–Crippen LogP) is 1.19. The van der Waals surface area contributed by atoms with E-state index in [1.165, 1.54) is 28.6 Å². The molecule has 1 aromatic heterocycles. The van der Waals surface area contributed by atoms with Crippen molar-refractivity contribution in [3.05, 3.63) is 35.6 Å². The average molecular weight is 268 g/mol. The zero-order valence-electron chi connectivity index (χ0n) is 9.15. The summed E-state index contributed by atoms with van der Waals surface area (Å²) >= 11 is 1.30. The summed E-state index contributed by atoms with van der Waals surface area (Å²) in [4.78, 5) is 10.6. The molecule has 18 heavy (non-hydrogen) atoms. The molecule has 2 aromatic rings. The molecular weight excluding hydrogens is 259 g/mol. The van der Waals surface area contributed by atoms with E-state index in [1.807, 2.05) is 0 Å². The number of tetrazole rings is 1. The van der Waals surface area contributed by atoms with Gasteiger partial charge in [-0.05, 0) is 28.1 Å². The highest BCUT2D eigenvalue weighted by Gasteiger charge is 2.09. The van der Waals surface area contributed by atoms with Crippen molar-refractivity contribution >= 4 is 17.7 Å². The fourth-order valence-corrected chi connectivity index (χ4v) is 2.09. The van der Waals surface area contributed by atoms with Gasteiger partial charge in [0, 0.05) is 5.75 Å². The van der Waals surface area contributed by atoms with Gasteiger partial charge in [-0.3, -0.25) is 4.79 Å². The van der Waals surface area contributed by atoms with Gasteiger partial charge in [-0.2, -0.15) is 0 Å². The van der Waals surface area contributed by atoms with E-state index in [9.17, 15) is 9.18 Å². The number of aromatic nitrogens is 4. The van der Waals surface area contributed by atoms with E-state index >= 15 is 0 Å². The van der Waals surface area contributed by atoms with Gasteiger partial charge in [-0.1, -0.05) is 23.9 Å². The van der Waals surface area contributed by atoms with Crippen LogP contribution in [0.5, 0.6) is 0 Å². The fraction of sp³-hybridized carbons (Fsp3) is 0.200. The SMILES string of the molecule is O=C(O)Cn1nnnc1SCc1ccc(F)cc1. The topological polar surface area (TPSA) is 80.9 Å². The smallest absolute Gasteiger partial charge is 0.325 e. The zero-order valence-corrected chi connectivity index (χ0v) is 9.97. The van der Waals surface area contributed by atoms with Gasteiger partial charge in [0.25, 0.3) is 0 Å². The third-order valence-electron chi connectivity index (χ3n) is 2.07. The van der Waals surface area contributed by atoms with Gasteiger partial charge < -0.3 is 5.11 Å². The van der Waals surface area contributed by atoms with E-state index in [1.54, 1.807) is 12.1 Å².